The van der Waals surface area contributed by atoms with Gasteiger partial charge in [0, 0.05) is 32.7 Å². The lowest BCUT2D eigenvalue weighted by Gasteiger charge is -2.33. The van der Waals surface area contributed by atoms with Gasteiger partial charge >= 0.3 is 0 Å². The van der Waals surface area contributed by atoms with Gasteiger partial charge in [0.15, 0.2) is 5.96 Å². The molecule has 0 aromatic heterocycles. The van der Waals surface area contributed by atoms with Gasteiger partial charge in [-0.2, -0.15) is 0 Å². The summed E-state index contributed by atoms with van der Waals surface area (Å²) in [6.45, 7) is 13.9. The summed E-state index contributed by atoms with van der Waals surface area (Å²) in [5.74, 6) is 3.06. The highest BCUT2D eigenvalue weighted by atomic mass is 127. The summed E-state index contributed by atoms with van der Waals surface area (Å²) in [7, 11) is 1.83. The van der Waals surface area contributed by atoms with Crippen molar-refractivity contribution in [2.75, 3.05) is 39.8 Å². The maximum atomic E-state index is 5.98. The topological polar surface area (TPSA) is 48.9 Å². The molecule has 5 nitrogen and oxygen atoms in total. The molecule has 6 heteroatoms. The fraction of sp³-hybridized carbons (Fsp3) is 0.682. The Morgan fingerprint density at radius 3 is 2.46 bits per heavy atom. The first-order valence-corrected chi connectivity index (χ1v) is 10.4. The van der Waals surface area contributed by atoms with Crippen LogP contribution >= 0.6 is 24.0 Å². The van der Waals surface area contributed by atoms with Crippen molar-refractivity contribution >= 4 is 29.9 Å². The van der Waals surface area contributed by atoms with Crippen molar-refractivity contribution in [3.05, 3.63) is 29.8 Å². The van der Waals surface area contributed by atoms with E-state index in [4.69, 9.17) is 4.74 Å². The predicted octanol–water partition coefficient (Wildman–Crippen LogP) is 4.09. The normalized spacial score (nSPS) is 16.2. The van der Waals surface area contributed by atoms with Gasteiger partial charge in [0.25, 0.3) is 0 Å². The Labute approximate surface area is 188 Å². The fourth-order valence-corrected chi connectivity index (χ4v) is 3.58. The maximum Gasteiger partial charge on any atom is 0.191 e. The van der Waals surface area contributed by atoms with Gasteiger partial charge in [-0.15, -0.1) is 24.0 Å². The molecule has 1 aromatic carbocycles. The summed E-state index contributed by atoms with van der Waals surface area (Å²) in [6.07, 6.45) is 2.34. The molecule has 2 rings (SSSR count). The molecule has 160 valence electrons. The monoisotopic (exact) mass is 502 g/mol. The summed E-state index contributed by atoms with van der Waals surface area (Å²) >= 11 is 0. The zero-order chi connectivity index (χ0) is 19.6. The van der Waals surface area contributed by atoms with Crippen LogP contribution in [-0.2, 0) is 0 Å². The van der Waals surface area contributed by atoms with Crippen LogP contribution in [-0.4, -0.2) is 56.7 Å². The zero-order valence-corrected chi connectivity index (χ0v) is 20.5. The lowest BCUT2D eigenvalue weighted by molar-refractivity contribution is 0.186. The number of para-hydroxylation sites is 1. The van der Waals surface area contributed by atoms with Crippen molar-refractivity contribution in [2.24, 2.45) is 10.9 Å². The van der Waals surface area contributed by atoms with Gasteiger partial charge in [-0.3, -0.25) is 4.99 Å². The molecule has 0 saturated carbocycles. The zero-order valence-electron chi connectivity index (χ0n) is 18.2. The minimum absolute atomic E-state index is 0. The highest BCUT2D eigenvalue weighted by molar-refractivity contribution is 14.0. The minimum atomic E-state index is 0. The highest BCUT2D eigenvalue weighted by Crippen LogP contribution is 2.25. The van der Waals surface area contributed by atoms with Crippen LogP contribution in [0.2, 0.25) is 0 Å². The number of nitrogens with zero attached hydrogens (tertiary/aromatic N) is 2. The quantitative estimate of drug-likeness (QED) is 0.243. The largest absolute Gasteiger partial charge is 0.491 e. The van der Waals surface area contributed by atoms with Crippen molar-refractivity contribution < 1.29 is 4.74 Å². The van der Waals surface area contributed by atoms with Gasteiger partial charge in [-0.1, -0.05) is 45.9 Å². The van der Waals surface area contributed by atoms with Crippen molar-refractivity contribution in [1.82, 2.24) is 15.5 Å². The number of ether oxygens (including phenoxy) is 1. The summed E-state index contributed by atoms with van der Waals surface area (Å²) in [6, 6.07) is 8.79. The molecule has 1 saturated heterocycles. The lowest BCUT2D eigenvalue weighted by Crippen LogP contribution is -2.49. The van der Waals surface area contributed by atoms with Crippen molar-refractivity contribution in [3.8, 4) is 5.75 Å². The molecular weight excluding hydrogens is 463 g/mol. The van der Waals surface area contributed by atoms with Gasteiger partial charge in [0.1, 0.15) is 12.4 Å². The number of benzene rings is 1. The molecule has 1 aliphatic heterocycles. The van der Waals surface area contributed by atoms with Crippen LogP contribution in [0.15, 0.2) is 29.3 Å². The van der Waals surface area contributed by atoms with Crippen molar-refractivity contribution in [2.45, 2.75) is 52.5 Å². The first-order chi connectivity index (χ1) is 13.0. The van der Waals surface area contributed by atoms with E-state index in [1.807, 2.05) is 19.2 Å². The Hall–Kier alpha value is -1.02. The van der Waals surface area contributed by atoms with Crippen molar-refractivity contribution in [1.29, 1.82) is 0 Å². The molecule has 0 bridgehead atoms. The number of hydrogen-bond donors (Lipinski definition) is 2. The van der Waals surface area contributed by atoms with E-state index in [0.717, 1.165) is 24.2 Å². The molecule has 28 heavy (non-hydrogen) atoms. The van der Waals surface area contributed by atoms with Crippen LogP contribution < -0.4 is 15.4 Å². The van der Waals surface area contributed by atoms with Crippen LogP contribution in [0.4, 0.5) is 0 Å². The molecule has 1 aliphatic rings. The SMILES string of the molecule is CN=C(NCCOc1ccccc1C(C)C)NC1CCN(CC(C)C)CC1.I. The molecule has 0 aliphatic carbocycles. The van der Waals surface area contributed by atoms with Crippen LogP contribution in [0.1, 0.15) is 52.0 Å². The summed E-state index contributed by atoms with van der Waals surface area (Å²) in [5, 5.41) is 6.94. The van der Waals surface area contributed by atoms with E-state index in [-0.39, 0.29) is 24.0 Å². The summed E-state index contributed by atoms with van der Waals surface area (Å²) < 4.78 is 5.98. The highest BCUT2D eigenvalue weighted by Gasteiger charge is 2.20. The van der Waals surface area contributed by atoms with Gasteiger partial charge in [-0.25, -0.2) is 0 Å². The Bertz CT molecular complexity index is 584. The Morgan fingerprint density at radius 1 is 1.18 bits per heavy atom. The molecule has 1 aromatic rings. The second kappa shape index (κ2) is 13.2. The molecule has 1 fully saturated rings. The van der Waals surface area contributed by atoms with E-state index in [1.165, 1.54) is 38.0 Å². The number of nitrogens with one attached hydrogen (secondary N) is 2. The summed E-state index contributed by atoms with van der Waals surface area (Å²) in [5.41, 5.74) is 1.26. The summed E-state index contributed by atoms with van der Waals surface area (Å²) in [4.78, 5) is 6.93. The van der Waals surface area contributed by atoms with E-state index < -0.39 is 0 Å². The van der Waals surface area contributed by atoms with Crippen LogP contribution in [0.5, 0.6) is 5.75 Å². The van der Waals surface area contributed by atoms with Gasteiger partial charge in [0.2, 0.25) is 0 Å². The van der Waals surface area contributed by atoms with Gasteiger partial charge in [-0.05, 0) is 36.3 Å². The lowest BCUT2D eigenvalue weighted by atomic mass is 10.0. The smallest absolute Gasteiger partial charge is 0.191 e. The average Bonchev–Trinajstić information content (AvgIpc) is 2.65. The fourth-order valence-electron chi connectivity index (χ4n) is 3.58. The number of hydrogen-bond acceptors (Lipinski definition) is 3. The Kier molecular flexibility index (Phi) is 11.8. The molecule has 0 atom stereocenters. The standard InChI is InChI=1S/C22H38N4O.HI/c1-17(2)16-26-13-10-19(11-14-26)25-22(23-5)24-12-15-27-21-9-7-6-8-20(21)18(3)4;/h6-9,17-19H,10-16H2,1-5H3,(H2,23,24,25);1H. The van der Waals surface area contributed by atoms with Crippen LogP contribution in [0.25, 0.3) is 0 Å². The average molecular weight is 502 g/mol. The molecular formula is C22H39IN4O. The van der Waals surface area contributed by atoms with Gasteiger partial charge < -0.3 is 20.3 Å². The molecule has 1 heterocycles. The third-order valence-electron chi connectivity index (χ3n) is 4.97. The number of guanidine groups is 1. The minimum Gasteiger partial charge on any atom is -0.491 e. The molecule has 0 unspecified atom stereocenters. The van der Waals surface area contributed by atoms with Crippen molar-refractivity contribution in [3.63, 3.8) is 0 Å². The number of rotatable bonds is 8. The van der Waals surface area contributed by atoms with Crippen LogP contribution in [0.3, 0.4) is 0 Å². The second-order valence-corrected chi connectivity index (χ2v) is 8.15. The van der Waals surface area contributed by atoms with E-state index in [1.54, 1.807) is 0 Å². The van der Waals surface area contributed by atoms with Gasteiger partial charge in [0.05, 0.1) is 6.54 Å². The van der Waals surface area contributed by atoms with Crippen LogP contribution in [0, 0.1) is 5.92 Å². The molecule has 0 radical (unpaired) electrons. The number of halogens is 1. The number of likely N-dealkylation sites (tertiary alicyclic amines) is 1. The van der Waals surface area contributed by atoms with E-state index >= 15 is 0 Å². The molecule has 0 spiro atoms. The first-order valence-electron chi connectivity index (χ1n) is 10.4. The number of aliphatic imine (C=N–C) groups is 1. The first kappa shape index (κ1) is 25.0. The molecule has 0 amide bonds. The Morgan fingerprint density at radius 2 is 1.86 bits per heavy atom. The maximum absolute atomic E-state index is 5.98. The Balaban J connectivity index is 0.00000392. The second-order valence-electron chi connectivity index (χ2n) is 8.15. The predicted molar refractivity (Wildman–Crippen MR) is 130 cm³/mol. The van der Waals surface area contributed by atoms with E-state index in [0.29, 0.717) is 18.6 Å². The molecule has 2 N–H and O–H groups in total. The number of piperidine rings is 1. The third-order valence-corrected chi connectivity index (χ3v) is 4.97. The van der Waals surface area contributed by atoms with E-state index in [2.05, 4.69) is 60.4 Å². The van der Waals surface area contributed by atoms with E-state index in [9.17, 15) is 0 Å². The third kappa shape index (κ3) is 8.55.